The average molecular weight is 601 g/mol. The third-order valence-corrected chi connectivity index (χ3v) is 8.79. The zero-order chi connectivity index (χ0) is 32.2. The van der Waals surface area contributed by atoms with Crippen LogP contribution in [-0.4, -0.2) is 0 Å². The molecule has 0 spiro atoms. The first-order valence-corrected chi connectivity index (χ1v) is 14.3. The molecule has 46 heavy (non-hydrogen) atoms. The van der Waals surface area contributed by atoms with Crippen LogP contribution < -0.4 is 0 Å². The predicted octanol–water partition coefficient (Wildman–Crippen LogP) is 9.64. The van der Waals surface area contributed by atoms with Crippen molar-refractivity contribution >= 4 is 5.57 Å². The summed E-state index contributed by atoms with van der Waals surface area (Å²) >= 11 is 0. The Bertz CT molecular complexity index is 2260. The Labute approximate surface area is 262 Å². The maximum Gasteiger partial charge on any atom is 0.416 e. The van der Waals surface area contributed by atoms with Gasteiger partial charge >= 0.3 is 6.18 Å². The Morgan fingerprint density at radius 2 is 1.11 bits per heavy atom. The van der Waals surface area contributed by atoms with Crippen LogP contribution >= 0.6 is 0 Å². The molecule has 0 N–H and O–H groups in total. The summed E-state index contributed by atoms with van der Waals surface area (Å²) in [6.07, 6.45) is -4.60. The number of allylic oxidation sites excluding steroid dienone is 1. The number of benzene rings is 5. The summed E-state index contributed by atoms with van der Waals surface area (Å²) in [7, 11) is 0. The van der Waals surface area contributed by atoms with E-state index in [0.29, 0.717) is 39.0 Å². The molecule has 0 fully saturated rings. The highest BCUT2D eigenvalue weighted by molar-refractivity contribution is 6.06. The Morgan fingerprint density at radius 1 is 0.543 bits per heavy atom. The molecule has 0 amide bonds. The Hall–Kier alpha value is -6.41. The van der Waals surface area contributed by atoms with Crippen molar-refractivity contribution in [2.45, 2.75) is 12.1 Å². The maximum atomic E-state index is 13.7. The fourth-order valence-corrected chi connectivity index (χ4v) is 6.69. The molecule has 0 radical (unpaired) electrons. The van der Waals surface area contributed by atoms with Crippen molar-refractivity contribution in [3.05, 3.63) is 137 Å². The molecule has 5 aromatic rings. The molecule has 5 aromatic carbocycles. The van der Waals surface area contributed by atoms with Gasteiger partial charge < -0.3 is 0 Å². The minimum atomic E-state index is -4.60. The van der Waals surface area contributed by atoms with E-state index in [1.165, 1.54) is 6.07 Å². The van der Waals surface area contributed by atoms with Gasteiger partial charge in [0.1, 0.15) is 23.6 Å². The van der Waals surface area contributed by atoms with Gasteiger partial charge in [0.05, 0.1) is 17.7 Å². The highest BCUT2D eigenvalue weighted by Crippen LogP contribution is 2.55. The minimum Gasteiger partial charge on any atom is -0.197 e. The number of fused-ring (bicyclic) bond motifs is 6. The van der Waals surface area contributed by atoms with Crippen LogP contribution in [0.4, 0.5) is 13.2 Å². The van der Waals surface area contributed by atoms with Gasteiger partial charge in [0.25, 0.3) is 0 Å². The monoisotopic (exact) mass is 600 g/mol. The van der Waals surface area contributed by atoms with Crippen LogP contribution in [0.5, 0.6) is 0 Å². The molecule has 216 valence electrons. The lowest BCUT2D eigenvalue weighted by molar-refractivity contribution is -0.137. The predicted molar refractivity (Wildman–Crippen MR) is 167 cm³/mol. The lowest BCUT2D eigenvalue weighted by Crippen LogP contribution is -2.11. The van der Waals surface area contributed by atoms with Crippen LogP contribution in [0.25, 0.3) is 50.1 Å². The highest BCUT2D eigenvalue weighted by atomic mass is 19.4. The van der Waals surface area contributed by atoms with Crippen LogP contribution in [0.2, 0.25) is 0 Å². The fraction of sp³-hybridized carbons (Fsp3) is 0.0769. The largest absolute Gasteiger partial charge is 0.416 e. The van der Waals surface area contributed by atoms with Gasteiger partial charge in [-0.3, -0.25) is 0 Å². The standard InChI is InChI=1S/C39H19F3N4/c40-39(41,42)28-11-13-30-32-17-35-31(16-36(32)38(34(30)15-28)27(20-45)21-46)29-12-10-25(14-33(29)37(35)26(18-43)19-44)24-8-6-23(7-9-24)22-4-2-1-3-5-22/h1-17,27,38H. The van der Waals surface area contributed by atoms with Crippen molar-refractivity contribution in [1.29, 1.82) is 21.0 Å². The molecule has 1 atom stereocenters. The van der Waals surface area contributed by atoms with Crippen molar-refractivity contribution in [3.63, 3.8) is 0 Å². The zero-order valence-corrected chi connectivity index (χ0v) is 23.9. The molecule has 0 bridgehead atoms. The number of rotatable bonds is 3. The quantitative estimate of drug-likeness (QED) is 0.189. The Balaban J connectivity index is 1.40. The summed E-state index contributed by atoms with van der Waals surface area (Å²) in [6, 6.07) is 38.8. The number of alkyl halides is 3. The van der Waals surface area contributed by atoms with Crippen LogP contribution in [0, 0.1) is 51.2 Å². The molecule has 2 aliphatic rings. The summed E-state index contributed by atoms with van der Waals surface area (Å²) in [5.74, 6) is -2.13. The SMILES string of the molecule is N#CC(C#N)=C1c2cc(-c3ccc(-c4ccccc4)cc3)ccc2-c2cc3c(cc21)-c1ccc(C(F)(F)F)cc1C3C(C#N)C#N. The van der Waals surface area contributed by atoms with E-state index < -0.39 is 23.6 Å². The van der Waals surface area contributed by atoms with E-state index in [2.05, 4.69) is 0 Å². The van der Waals surface area contributed by atoms with E-state index in [-0.39, 0.29) is 11.1 Å². The van der Waals surface area contributed by atoms with Crippen molar-refractivity contribution in [2.75, 3.05) is 0 Å². The molecule has 7 heteroatoms. The molecule has 4 nitrogen and oxygen atoms in total. The van der Waals surface area contributed by atoms with E-state index in [4.69, 9.17) is 0 Å². The lowest BCUT2D eigenvalue weighted by atomic mass is 9.84. The molecule has 0 aliphatic heterocycles. The topological polar surface area (TPSA) is 95.2 Å². The van der Waals surface area contributed by atoms with Crippen LogP contribution in [-0.2, 0) is 6.18 Å². The number of halogens is 3. The van der Waals surface area contributed by atoms with E-state index in [9.17, 15) is 34.2 Å². The van der Waals surface area contributed by atoms with Gasteiger partial charge in [-0.2, -0.15) is 34.2 Å². The van der Waals surface area contributed by atoms with Gasteiger partial charge in [-0.25, -0.2) is 0 Å². The van der Waals surface area contributed by atoms with Crippen molar-refractivity contribution in [1.82, 2.24) is 0 Å². The molecule has 1 unspecified atom stereocenters. The van der Waals surface area contributed by atoms with E-state index in [0.717, 1.165) is 39.9 Å². The first-order chi connectivity index (χ1) is 22.3. The third kappa shape index (κ3) is 4.35. The number of hydrogen-bond donors (Lipinski definition) is 0. The van der Waals surface area contributed by atoms with Crippen LogP contribution in [0.3, 0.4) is 0 Å². The second-order valence-corrected chi connectivity index (χ2v) is 11.2. The summed E-state index contributed by atoms with van der Waals surface area (Å²) in [4.78, 5) is 0. The smallest absolute Gasteiger partial charge is 0.197 e. The fourth-order valence-electron chi connectivity index (χ4n) is 6.69. The van der Waals surface area contributed by atoms with Gasteiger partial charge in [0.15, 0.2) is 0 Å². The van der Waals surface area contributed by atoms with Crippen LogP contribution in [0.15, 0.2) is 109 Å². The molecule has 7 rings (SSSR count). The Kier molecular flexibility index (Phi) is 6.56. The molecule has 0 aromatic heterocycles. The van der Waals surface area contributed by atoms with E-state index in [1.54, 1.807) is 12.1 Å². The minimum absolute atomic E-state index is 0.0920. The highest BCUT2D eigenvalue weighted by Gasteiger charge is 2.40. The lowest BCUT2D eigenvalue weighted by Gasteiger charge is -2.16. The summed E-state index contributed by atoms with van der Waals surface area (Å²) in [6.45, 7) is 0. The Morgan fingerprint density at radius 3 is 1.74 bits per heavy atom. The van der Waals surface area contributed by atoms with Gasteiger partial charge in [-0.15, -0.1) is 0 Å². The second-order valence-electron chi connectivity index (χ2n) is 11.2. The summed E-state index contributed by atoms with van der Waals surface area (Å²) in [5.41, 5.74) is 8.03. The van der Waals surface area contributed by atoms with E-state index in [1.807, 2.05) is 97.1 Å². The number of nitriles is 4. The van der Waals surface area contributed by atoms with Crippen molar-refractivity contribution in [2.24, 2.45) is 5.92 Å². The molecule has 2 aliphatic carbocycles. The molecule has 0 saturated carbocycles. The molecule has 0 saturated heterocycles. The van der Waals surface area contributed by atoms with Crippen molar-refractivity contribution in [3.8, 4) is 68.8 Å². The van der Waals surface area contributed by atoms with Gasteiger partial charge in [-0.1, -0.05) is 72.8 Å². The van der Waals surface area contributed by atoms with E-state index >= 15 is 0 Å². The van der Waals surface area contributed by atoms with Crippen LogP contribution in [0.1, 0.15) is 33.7 Å². The zero-order valence-electron chi connectivity index (χ0n) is 23.9. The number of hydrogen-bond acceptors (Lipinski definition) is 4. The maximum absolute atomic E-state index is 13.7. The first kappa shape index (κ1) is 28.4. The van der Waals surface area contributed by atoms with Crippen molar-refractivity contribution < 1.29 is 13.2 Å². The summed E-state index contributed by atoms with van der Waals surface area (Å²) < 4.78 is 41.1. The summed E-state index contributed by atoms with van der Waals surface area (Å²) in [5, 5.41) is 39.7. The first-order valence-electron chi connectivity index (χ1n) is 14.3. The second kappa shape index (κ2) is 10.6. The molecular weight excluding hydrogens is 581 g/mol. The number of nitrogens with zero attached hydrogens (tertiary/aromatic N) is 4. The van der Waals surface area contributed by atoms with Gasteiger partial charge in [-0.05, 0) is 97.1 Å². The molecule has 0 heterocycles. The average Bonchev–Trinajstić information content (AvgIpc) is 3.56. The van der Waals surface area contributed by atoms with Gasteiger partial charge in [0, 0.05) is 11.5 Å². The third-order valence-electron chi connectivity index (χ3n) is 8.79. The molecular formula is C39H19F3N4. The normalized spacial score (nSPS) is 13.8. The van der Waals surface area contributed by atoms with Gasteiger partial charge in [0.2, 0.25) is 0 Å².